The predicted octanol–water partition coefficient (Wildman–Crippen LogP) is 4.46. The van der Waals surface area contributed by atoms with Crippen molar-refractivity contribution in [2.75, 3.05) is 5.32 Å². The molecule has 4 N–H and O–H groups in total. The number of imidazole rings is 1. The number of carbonyl (C=O) groups excluding carboxylic acids is 1. The second kappa shape index (κ2) is 9.66. The Morgan fingerprint density at radius 2 is 1.72 bits per heavy atom. The van der Waals surface area contributed by atoms with Gasteiger partial charge in [0.2, 0.25) is 0 Å². The first-order valence-electron chi connectivity index (χ1n) is 10.9. The van der Waals surface area contributed by atoms with Gasteiger partial charge >= 0.3 is 0 Å². The molecule has 0 saturated carbocycles. The van der Waals surface area contributed by atoms with Crippen LogP contribution in [-0.2, 0) is 19.6 Å². The highest BCUT2D eigenvalue weighted by Crippen LogP contribution is 2.27. The molecule has 0 aliphatic carbocycles. The fraction of sp³-hybridized carbons (Fsp3) is 0.231. The number of hydrogen-bond acceptors (Lipinski definition) is 4. The Morgan fingerprint density at radius 3 is 2.47 bits per heavy atom. The zero-order valence-electron chi connectivity index (χ0n) is 18.5. The van der Waals surface area contributed by atoms with E-state index in [9.17, 15) is 4.79 Å². The minimum Gasteiger partial charge on any atom is -0.366 e. The van der Waals surface area contributed by atoms with Gasteiger partial charge in [0.1, 0.15) is 5.82 Å². The van der Waals surface area contributed by atoms with E-state index in [0.717, 1.165) is 22.6 Å². The summed E-state index contributed by atoms with van der Waals surface area (Å²) in [4.78, 5) is 17.9. The van der Waals surface area contributed by atoms with E-state index in [1.807, 2.05) is 65.2 Å². The van der Waals surface area contributed by atoms with E-state index in [4.69, 9.17) is 10.7 Å². The van der Waals surface area contributed by atoms with Gasteiger partial charge in [0.05, 0.1) is 11.3 Å². The minimum absolute atomic E-state index is 0.149. The Balaban J connectivity index is 1.60. The van der Waals surface area contributed by atoms with Crippen molar-refractivity contribution in [2.24, 2.45) is 5.73 Å². The zero-order valence-corrected chi connectivity index (χ0v) is 18.5. The number of rotatable bonds is 8. The maximum atomic E-state index is 13.0. The van der Waals surface area contributed by atoms with Gasteiger partial charge in [-0.25, -0.2) is 4.98 Å². The van der Waals surface area contributed by atoms with Crippen LogP contribution in [0.3, 0.4) is 0 Å². The molecule has 0 radical (unpaired) electrons. The van der Waals surface area contributed by atoms with Crippen molar-refractivity contribution in [3.8, 4) is 0 Å². The van der Waals surface area contributed by atoms with Crippen LogP contribution < -0.4 is 16.4 Å². The standard InChI is InChI=1S/C26H29N5O/c1-18(2)23-25(28-16-19-8-4-3-5-9-19)31-13-7-12-22(24(31)30-23)26(32)29-17-21-11-6-10-20(14-21)15-27/h3-14,18,28H,15-17,27H2,1-2H3,(H,29,32). The van der Waals surface area contributed by atoms with E-state index >= 15 is 0 Å². The van der Waals surface area contributed by atoms with Crippen LogP contribution >= 0.6 is 0 Å². The van der Waals surface area contributed by atoms with E-state index in [1.165, 1.54) is 5.56 Å². The van der Waals surface area contributed by atoms with Crippen molar-refractivity contribution >= 4 is 17.4 Å². The summed E-state index contributed by atoms with van der Waals surface area (Å²) >= 11 is 0. The fourth-order valence-corrected chi connectivity index (χ4v) is 3.77. The van der Waals surface area contributed by atoms with Crippen LogP contribution in [0.4, 0.5) is 5.82 Å². The summed E-state index contributed by atoms with van der Waals surface area (Å²) in [6.45, 7) is 5.82. The molecule has 1 amide bonds. The van der Waals surface area contributed by atoms with Gasteiger partial charge in [-0.1, -0.05) is 68.4 Å². The van der Waals surface area contributed by atoms with Crippen molar-refractivity contribution in [3.05, 3.63) is 101 Å². The average Bonchev–Trinajstić information content (AvgIpc) is 3.21. The smallest absolute Gasteiger partial charge is 0.255 e. The monoisotopic (exact) mass is 427 g/mol. The second-order valence-electron chi connectivity index (χ2n) is 8.16. The molecule has 2 aromatic heterocycles. The van der Waals surface area contributed by atoms with Crippen LogP contribution in [0.2, 0.25) is 0 Å². The Bertz CT molecular complexity index is 1210. The molecule has 0 unspecified atom stereocenters. The van der Waals surface area contributed by atoms with E-state index in [-0.39, 0.29) is 11.8 Å². The van der Waals surface area contributed by atoms with Crippen LogP contribution in [0.1, 0.15) is 52.5 Å². The molecular formula is C26H29N5O. The predicted molar refractivity (Wildman–Crippen MR) is 129 cm³/mol. The number of anilines is 1. The highest BCUT2D eigenvalue weighted by Gasteiger charge is 2.19. The third kappa shape index (κ3) is 4.65. The summed E-state index contributed by atoms with van der Waals surface area (Å²) in [5.74, 6) is 0.982. The Hall–Kier alpha value is -3.64. The molecule has 6 heteroatoms. The van der Waals surface area contributed by atoms with Crippen molar-refractivity contribution in [1.29, 1.82) is 0 Å². The van der Waals surface area contributed by atoms with E-state index in [2.05, 4.69) is 36.6 Å². The lowest BCUT2D eigenvalue weighted by Crippen LogP contribution is -2.23. The van der Waals surface area contributed by atoms with E-state index in [0.29, 0.717) is 30.8 Å². The van der Waals surface area contributed by atoms with Crippen molar-refractivity contribution < 1.29 is 4.79 Å². The molecule has 0 spiro atoms. The molecule has 32 heavy (non-hydrogen) atoms. The van der Waals surface area contributed by atoms with Gasteiger partial charge in [0, 0.05) is 25.8 Å². The first-order valence-corrected chi connectivity index (χ1v) is 10.9. The normalized spacial score (nSPS) is 11.1. The number of nitrogens with two attached hydrogens (primary N) is 1. The largest absolute Gasteiger partial charge is 0.366 e. The lowest BCUT2D eigenvalue weighted by Gasteiger charge is -2.11. The van der Waals surface area contributed by atoms with Crippen molar-refractivity contribution in [2.45, 2.75) is 39.4 Å². The second-order valence-corrected chi connectivity index (χ2v) is 8.16. The van der Waals surface area contributed by atoms with Crippen molar-refractivity contribution in [1.82, 2.24) is 14.7 Å². The van der Waals surface area contributed by atoms with E-state index < -0.39 is 0 Å². The molecule has 0 saturated heterocycles. The summed E-state index contributed by atoms with van der Waals surface area (Å²) in [7, 11) is 0. The number of carbonyl (C=O) groups is 1. The van der Waals surface area contributed by atoms with E-state index in [1.54, 1.807) is 0 Å². The Labute approximate surface area is 188 Å². The number of aromatic nitrogens is 2. The van der Waals surface area contributed by atoms with Crippen LogP contribution in [0, 0.1) is 0 Å². The van der Waals surface area contributed by atoms with Gasteiger partial charge in [-0.05, 0) is 34.7 Å². The van der Waals surface area contributed by atoms with Crippen LogP contribution in [0.5, 0.6) is 0 Å². The molecule has 164 valence electrons. The van der Waals surface area contributed by atoms with Gasteiger partial charge in [0.15, 0.2) is 5.65 Å². The summed E-state index contributed by atoms with van der Waals surface area (Å²) in [5.41, 5.74) is 11.1. The van der Waals surface area contributed by atoms with Gasteiger partial charge in [-0.3, -0.25) is 9.20 Å². The first-order chi connectivity index (χ1) is 15.6. The number of fused-ring (bicyclic) bond motifs is 1. The quantitative estimate of drug-likeness (QED) is 0.388. The third-order valence-corrected chi connectivity index (χ3v) is 5.45. The fourth-order valence-electron chi connectivity index (χ4n) is 3.77. The van der Waals surface area contributed by atoms with Gasteiger partial charge in [-0.15, -0.1) is 0 Å². The minimum atomic E-state index is -0.149. The average molecular weight is 428 g/mol. The Kier molecular flexibility index (Phi) is 6.52. The molecule has 6 nitrogen and oxygen atoms in total. The van der Waals surface area contributed by atoms with Gasteiger partial charge in [-0.2, -0.15) is 0 Å². The SMILES string of the molecule is CC(C)c1nc2c(C(=O)NCc3cccc(CN)c3)cccn2c1NCc1ccccc1. The molecule has 0 atom stereocenters. The summed E-state index contributed by atoms with van der Waals surface area (Å²) in [6, 6.07) is 21.9. The van der Waals surface area contributed by atoms with Gasteiger partial charge in [0.25, 0.3) is 5.91 Å². The molecule has 4 aromatic rings. The molecular weight excluding hydrogens is 398 g/mol. The molecule has 0 aliphatic heterocycles. The van der Waals surface area contributed by atoms with Crippen LogP contribution in [-0.4, -0.2) is 15.3 Å². The highest BCUT2D eigenvalue weighted by atomic mass is 16.1. The lowest BCUT2D eigenvalue weighted by molar-refractivity contribution is 0.0952. The lowest BCUT2D eigenvalue weighted by atomic mass is 10.1. The first kappa shape index (κ1) is 21.6. The highest BCUT2D eigenvalue weighted by molar-refractivity contribution is 6.00. The molecule has 0 fully saturated rings. The Morgan fingerprint density at radius 1 is 0.969 bits per heavy atom. The molecule has 2 heterocycles. The topological polar surface area (TPSA) is 84.5 Å². The summed E-state index contributed by atoms with van der Waals surface area (Å²) < 4.78 is 1.97. The molecule has 0 bridgehead atoms. The third-order valence-electron chi connectivity index (χ3n) is 5.45. The number of benzene rings is 2. The number of nitrogens with one attached hydrogen (secondary N) is 2. The number of nitrogens with zero attached hydrogens (tertiary/aromatic N) is 2. The van der Waals surface area contributed by atoms with Crippen LogP contribution in [0.25, 0.3) is 5.65 Å². The summed E-state index contributed by atoms with van der Waals surface area (Å²) in [6.07, 6.45) is 1.95. The summed E-state index contributed by atoms with van der Waals surface area (Å²) in [5, 5.41) is 6.55. The van der Waals surface area contributed by atoms with Gasteiger partial charge < -0.3 is 16.4 Å². The number of amides is 1. The maximum Gasteiger partial charge on any atom is 0.255 e. The molecule has 0 aliphatic rings. The number of pyridine rings is 1. The number of hydrogen-bond donors (Lipinski definition) is 3. The zero-order chi connectivity index (χ0) is 22.5. The molecule has 4 rings (SSSR count). The maximum absolute atomic E-state index is 13.0. The molecule has 2 aromatic carbocycles. The van der Waals surface area contributed by atoms with Crippen molar-refractivity contribution in [3.63, 3.8) is 0 Å². The van der Waals surface area contributed by atoms with Crippen LogP contribution in [0.15, 0.2) is 72.9 Å².